The van der Waals surface area contributed by atoms with Crippen LogP contribution in [0.3, 0.4) is 0 Å². The molecule has 0 aliphatic heterocycles. The first-order chi connectivity index (χ1) is 13.5. The Bertz CT molecular complexity index is 756. The Morgan fingerprint density at radius 2 is 1.89 bits per heavy atom. The van der Waals surface area contributed by atoms with Gasteiger partial charge in [0, 0.05) is 32.1 Å². The highest BCUT2D eigenvalue weighted by molar-refractivity contribution is 6.42. The van der Waals surface area contributed by atoms with Crippen LogP contribution in [0.5, 0.6) is 0 Å². The number of hydrogen-bond donors (Lipinski definition) is 2. The number of ether oxygens (including phenoxy) is 2. The number of hydrogen-bond acceptors (Lipinski definition) is 5. The molecule has 0 aromatic heterocycles. The van der Waals surface area contributed by atoms with E-state index in [0.29, 0.717) is 34.8 Å². The van der Waals surface area contributed by atoms with Crippen LogP contribution in [0.25, 0.3) is 0 Å². The van der Waals surface area contributed by atoms with E-state index < -0.39 is 0 Å². The quantitative estimate of drug-likeness (QED) is 0.267. The molecule has 0 atom stereocenters. The molecule has 0 saturated heterocycles. The fourth-order valence-electron chi connectivity index (χ4n) is 2.24. The first kappa shape index (κ1) is 23.9. The molecule has 0 aliphatic carbocycles. The van der Waals surface area contributed by atoms with E-state index in [1.165, 1.54) is 0 Å². The second-order valence-electron chi connectivity index (χ2n) is 5.79. The standard InChI is InChI=1S/C21H29Cl2N3O2/c1-6-12-28-19(10-11-24-4)20(27-7-2)13-15(3)21(25-5)26-16-8-9-17(22)18(23)14-16/h8-11,13-14,25-26H,6-7,12H2,1-5H3/b19-10+,20-13+,21-15-,24-11?. The van der Waals surface area contributed by atoms with Gasteiger partial charge in [0.1, 0.15) is 5.82 Å². The summed E-state index contributed by atoms with van der Waals surface area (Å²) in [7, 11) is 3.55. The first-order valence-corrected chi connectivity index (χ1v) is 9.93. The van der Waals surface area contributed by atoms with E-state index in [-0.39, 0.29) is 0 Å². The van der Waals surface area contributed by atoms with Crippen molar-refractivity contribution in [2.75, 3.05) is 32.6 Å². The van der Waals surface area contributed by atoms with Crippen LogP contribution in [0.15, 0.2) is 58.3 Å². The zero-order chi connectivity index (χ0) is 20.9. The Hall–Kier alpha value is -2.11. The average molecular weight is 426 g/mol. The lowest BCUT2D eigenvalue weighted by Crippen LogP contribution is -2.17. The zero-order valence-corrected chi connectivity index (χ0v) is 18.6. The number of benzene rings is 1. The second-order valence-corrected chi connectivity index (χ2v) is 6.60. The van der Waals surface area contributed by atoms with Crippen molar-refractivity contribution in [3.63, 3.8) is 0 Å². The van der Waals surface area contributed by atoms with Crippen LogP contribution in [-0.2, 0) is 9.47 Å². The fourth-order valence-corrected chi connectivity index (χ4v) is 2.54. The molecule has 1 rings (SSSR count). The van der Waals surface area contributed by atoms with E-state index in [4.69, 9.17) is 32.7 Å². The van der Waals surface area contributed by atoms with Crippen LogP contribution in [-0.4, -0.2) is 33.5 Å². The van der Waals surface area contributed by atoms with Crippen LogP contribution < -0.4 is 10.6 Å². The van der Waals surface area contributed by atoms with Crippen molar-refractivity contribution in [3.8, 4) is 0 Å². The SMILES string of the molecule is CCCOC(=C/C=NC)/C(=C\C(C)=C(\NC)Nc1ccc(Cl)c(Cl)c1)OCC. The number of anilines is 1. The molecule has 0 spiro atoms. The molecule has 0 bridgehead atoms. The van der Waals surface area contributed by atoms with Gasteiger partial charge < -0.3 is 20.1 Å². The summed E-state index contributed by atoms with van der Waals surface area (Å²) in [6, 6.07) is 5.38. The van der Waals surface area contributed by atoms with Gasteiger partial charge in [-0.25, -0.2) is 0 Å². The lowest BCUT2D eigenvalue weighted by Gasteiger charge is -2.16. The van der Waals surface area contributed by atoms with Crippen molar-refractivity contribution in [1.29, 1.82) is 0 Å². The van der Waals surface area contributed by atoms with Gasteiger partial charge in [-0.05, 0) is 50.1 Å². The number of allylic oxidation sites excluding steroid dienone is 3. The Labute approximate surface area is 178 Å². The minimum atomic E-state index is 0.488. The van der Waals surface area contributed by atoms with Gasteiger partial charge in [-0.3, -0.25) is 4.99 Å². The van der Waals surface area contributed by atoms with Crippen molar-refractivity contribution in [2.45, 2.75) is 27.2 Å². The highest BCUT2D eigenvalue weighted by Crippen LogP contribution is 2.26. The minimum absolute atomic E-state index is 0.488. The molecule has 2 N–H and O–H groups in total. The lowest BCUT2D eigenvalue weighted by atomic mass is 10.2. The second kappa shape index (κ2) is 13.1. The van der Waals surface area contributed by atoms with Gasteiger partial charge in [0.25, 0.3) is 0 Å². The molecule has 0 aliphatic rings. The van der Waals surface area contributed by atoms with E-state index in [0.717, 1.165) is 23.5 Å². The van der Waals surface area contributed by atoms with Gasteiger partial charge in [0.15, 0.2) is 11.5 Å². The summed E-state index contributed by atoms with van der Waals surface area (Å²) in [5, 5.41) is 7.47. The largest absolute Gasteiger partial charge is 0.490 e. The first-order valence-electron chi connectivity index (χ1n) is 9.17. The van der Waals surface area contributed by atoms with E-state index in [1.54, 1.807) is 31.5 Å². The summed E-state index contributed by atoms with van der Waals surface area (Å²) >= 11 is 12.1. The molecule has 154 valence electrons. The van der Waals surface area contributed by atoms with Crippen molar-refractivity contribution in [1.82, 2.24) is 5.32 Å². The highest BCUT2D eigenvalue weighted by atomic mass is 35.5. The molecule has 0 heterocycles. The Morgan fingerprint density at radius 3 is 2.46 bits per heavy atom. The highest BCUT2D eigenvalue weighted by Gasteiger charge is 2.10. The normalized spacial score (nSPS) is 13.4. The summed E-state index contributed by atoms with van der Waals surface area (Å²) in [6.07, 6.45) is 6.31. The van der Waals surface area contributed by atoms with Gasteiger partial charge in [-0.1, -0.05) is 30.1 Å². The van der Waals surface area contributed by atoms with E-state index >= 15 is 0 Å². The Kier molecular flexibility index (Phi) is 11.2. The molecule has 7 heteroatoms. The van der Waals surface area contributed by atoms with Crippen LogP contribution in [0.1, 0.15) is 27.2 Å². The number of nitrogens with one attached hydrogen (secondary N) is 2. The van der Waals surface area contributed by atoms with Crippen molar-refractivity contribution < 1.29 is 9.47 Å². The number of nitrogens with zero attached hydrogens (tertiary/aromatic N) is 1. The fraction of sp³-hybridized carbons (Fsp3) is 0.381. The monoisotopic (exact) mass is 425 g/mol. The van der Waals surface area contributed by atoms with Gasteiger partial charge >= 0.3 is 0 Å². The number of aliphatic imine (C=N–C) groups is 1. The van der Waals surface area contributed by atoms with Crippen LogP contribution in [0.4, 0.5) is 5.69 Å². The molecule has 0 fully saturated rings. The molecular formula is C21H29Cl2N3O2. The molecule has 1 aromatic rings. The minimum Gasteiger partial charge on any atom is -0.490 e. The molecule has 0 amide bonds. The van der Waals surface area contributed by atoms with Crippen LogP contribution in [0, 0.1) is 0 Å². The smallest absolute Gasteiger partial charge is 0.162 e. The molecule has 28 heavy (non-hydrogen) atoms. The maximum atomic E-state index is 6.11. The summed E-state index contributed by atoms with van der Waals surface area (Å²) in [6.45, 7) is 7.08. The predicted molar refractivity (Wildman–Crippen MR) is 120 cm³/mol. The molecule has 0 saturated carbocycles. The zero-order valence-electron chi connectivity index (χ0n) is 17.1. The molecule has 0 radical (unpaired) electrons. The number of halogens is 2. The average Bonchev–Trinajstić information content (AvgIpc) is 2.68. The van der Waals surface area contributed by atoms with Crippen molar-refractivity contribution in [2.24, 2.45) is 4.99 Å². The third-order valence-electron chi connectivity index (χ3n) is 3.56. The summed E-state index contributed by atoms with van der Waals surface area (Å²) in [4.78, 5) is 4.00. The Balaban J connectivity index is 3.24. The van der Waals surface area contributed by atoms with Crippen LogP contribution in [0.2, 0.25) is 10.0 Å². The molecule has 0 unspecified atom stereocenters. The van der Waals surface area contributed by atoms with Gasteiger partial charge in [0.2, 0.25) is 0 Å². The van der Waals surface area contributed by atoms with Gasteiger partial charge in [0.05, 0.1) is 23.3 Å². The van der Waals surface area contributed by atoms with E-state index in [2.05, 4.69) is 22.5 Å². The summed E-state index contributed by atoms with van der Waals surface area (Å²) in [5.41, 5.74) is 1.75. The van der Waals surface area contributed by atoms with E-state index in [9.17, 15) is 0 Å². The molecule has 5 nitrogen and oxygen atoms in total. The molecule has 1 aromatic carbocycles. The predicted octanol–water partition coefficient (Wildman–Crippen LogP) is 5.79. The van der Waals surface area contributed by atoms with Crippen LogP contribution >= 0.6 is 23.2 Å². The third-order valence-corrected chi connectivity index (χ3v) is 4.30. The maximum absolute atomic E-state index is 6.11. The summed E-state index contributed by atoms with van der Waals surface area (Å²) < 4.78 is 11.7. The summed E-state index contributed by atoms with van der Waals surface area (Å²) in [5.74, 6) is 2.07. The van der Waals surface area contributed by atoms with E-state index in [1.807, 2.05) is 33.0 Å². The van der Waals surface area contributed by atoms with Gasteiger partial charge in [-0.15, -0.1) is 0 Å². The number of rotatable bonds is 11. The van der Waals surface area contributed by atoms with Gasteiger partial charge in [-0.2, -0.15) is 0 Å². The molecular weight excluding hydrogens is 397 g/mol. The maximum Gasteiger partial charge on any atom is 0.162 e. The van der Waals surface area contributed by atoms with Crippen molar-refractivity contribution >= 4 is 35.1 Å². The third kappa shape index (κ3) is 7.87. The lowest BCUT2D eigenvalue weighted by molar-refractivity contribution is 0.158. The topological polar surface area (TPSA) is 54.9 Å². The Morgan fingerprint density at radius 1 is 1.14 bits per heavy atom. The van der Waals surface area contributed by atoms with Crippen molar-refractivity contribution in [3.05, 3.63) is 63.3 Å².